The van der Waals surface area contributed by atoms with Gasteiger partial charge in [0, 0.05) is 12.5 Å². The van der Waals surface area contributed by atoms with E-state index in [1.165, 1.54) is 12.1 Å². The van der Waals surface area contributed by atoms with Gasteiger partial charge in [-0.05, 0) is 48.4 Å². The van der Waals surface area contributed by atoms with E-state index >= 15 is 0 Å². The molecule has 0 radical (unpaired) electrons. The first-order valence-corrected chi connectivity index (χ1v) is 8.40. The summed E-state index contributed by atoms with van der Waals surface area (Å²) in [7, 11) is 0. The first-order chi connectivity index (χ1) is 11.7. The van der Waals surface area contributed by atoms with Crippen molar-refractivity contribution in [3.63, 3.8) is 0 Å². The summed E-state index contributed by atoms with van der Waals surface area (Å²) in [4.78, 5) is 12.6. The van der Waals surface area contributed by atoms with Crippen LogP contribution in [0.3, 0.4) is 0 Å². The zero-order valence-corrected chi connectivity index (χ0v) is 13.5. The molecule has 126 valence electrons. The second kappa shape index (κ2) is 7.58. The number of rotatable bonds is 7. The van der Waals surface area contributed by atoms with E-state index in [0.29, 0.717) is 12.8 Å². The van der Waals surface area contributed by atoms with Crippen molar-refractivity contribution >= 4 is 5.91 Å². The van der Waals surface area contributed by atoms with Crippen LogP contribution in [0, 0.1) is 11.7 Å². The maximum absolute atomic E-state index is 13.3. The molecule has 3 unspecified atom stereocenters. The van der Waals surface area contributed by atoms with Crippen molar-refractivity contribution in [3.05, 3.63) is 71.5 Å². The van der Waals surface area contributed by atoms with E-state index in [4.69, 9.17) is 5.11 Å². The summed E-state index contributed by atoms with van der Waals surface area (Å²) in [6.45, 7) is 0.106. The monoisotopic (exact) mass is 327 g/mol. The molecule has 1 saturated carbocycles. The third-order valence-electron chi connectivity index (χ3n) is 4.57. The van der Waals surface area contributed by atoms with Crippen LogP contribution in [0.25, 0.3) is 0 Å². The van der Waals surface area contributed by atoms with Crippen molar-refractivity contribution < 1.29 is 14.3 Å². The molecule has 2 aromatic rings. The Kier molecular flexibility index (Phi) is 5.26. The molecule has 1 fully saturated rings. The Labute approximate surface area is 141 Å². The van der Waals surface area contributed by atoms with Gasteiger partial charge in [-0.25, -0.2) is 4.39 Å². The molecule has 24 heavy (non-hydrogen) atoms. The van der Waals surface area contributed by atoms with Crippen LogP contribution in [-0.4, -0.2) is 17.6 Å². The second-order valence-corrected chi connectivity index (χ2v) is 6.34. The van der Waals surface area contributed by atoms with Gasteiger partial charge in [0.1, 0.15) is 5.82 Å². The Morgan fingerprint density at radius 2 is 2.00 bits per heavy atom. The number of benzene rings is 2. The minimum atomic E-state index is -0.260. The van der Waals surface area contributed by atoms with Crippen molar-refractivity contribution in [1.82, 2.24) is 5.32 Å². The third kappa shape index (κ3) is 4.01. The number of aliphatic hydroxyl groups excluding tert-OH is 1. The Morgan fingerprint density at radius 1 is 1.21 bits per heavy atom. The zero-order chi connectivity index (χ0) is 16.9. The number of nitrogens with one attached hydrogen (secondary N) is 1. The third-order valence-corrected chi connectivity index (χ3v) is 4.57. The fraction of sp³-hybridized carbons (Fsp3) is 0.350. The molecule has 3 rings (SSSR count). The molecule has 2 aromatic carbocycles. The van der Waals surface area contributed by atoms with Crippen molar-refractivity contribution in [2.24, 2.45) is 5.92 Å². The number of carbonyl (C=O) groups is 1. The normalized spacial score (nSPS) is 20.4. The highest BCUT2D eigenvalue weighted by atomic mass is 19.1. The summed E-state index contributed by atoms with van der Waals surface area (Å²) in [6, 6.07) is 16.2. The average Bonchev–Trinajstić information content (AvgIpc) is 3.40. The minimum absolute atomic E-state index is 0.0102. The van der Waals surface area contributed by atoms with Gasteiger partial charge >= 0.3 is 0 Å². The largest absolute Gasteiger partial charge is 0.396 e. The van der Waals surface area contributed by atoms with Gasteiger partial charge in [-0.2, -0.15) is 0 Å². The molecule has 1 amide bonds. The van der Waals surface area contributed by atoms with Gasteiger partial charge in [-0.1, -0.05) is 42.5 Å². The Morgan fingerprint density at radius 3 is 2.71 bits per heavy atom. The van der Waals surface area contributed by atoms with Gasteiger partial charge in [-0.3, -0.25) is 4.79 Å². The van der Waals surface area contributed by atoms with Gasteiger partial charge < -0.3 is 10.4 Å². The fourth-order valence-corrected chi connectivity index (χ4v) is 3.17. The van der Waals surface area contributed by atoms with E-state index in [0.717, 1.165) is 17.5 Å². The number of carbonyl (C=O) groups excluding carboxylic acids is 1. The maximum atomic E-state index is 13.3. The molecule has 0 spiro atoms. The van der Waals surface area contributed by atoms with Gasteiger partial charge in [0.25, 0.3) is 0 Å². The smallest absolute Gasteiger partial charge is 0.224 e. The summed E-state index contributed by atoms with van der Waals surface area (Å²) in [5.41, 5.74) is 1.93. The highest BCUT2D eigenvalue weighted by Crippen LogP contribution is 2.48. The highest BCUT2D eigenvalue weighted by molar-refractivity contribution is 5.83. The first-order valence-electron chi connectivity index (χ1n) is 8.40. The summed E-state index contributed by atoms with van der Waals surface area (Å²) in [5, 5.41) is 12.2. The van der Waals surface area contributed by atoms with Crippen LogP contribution in [0.1, 0.15) is 42.3 Å². The standard InChI is InChI=1S/C20H22FNO2/c21-16-9-4-8-15(12-16)17-13-18(17)20(24)22-19(10-5-11-23)14-6-2-1-3-7-14/h1-4,6-9,12,17-19,23H,5,10-11,13H2,(H,22,24). The van der Waals surface area contributed by atoms with E-state index in [9.17, 15) is 9.18 Å². The van der Waals surface area contributed by atoms with Gasteiger partial charge in [0.15, 0.2) is 0 Å². The Balaban J connectivity index is 1.64. The van der Waals surface area contributed by atoms with Crippen molar-refractivity contribution in [1.29, 1.82) is 0 Å². The Bertz CT molecular complexity index is 689. The van der Waals surface area contributed by atoms with Gasteiger partial charge in [0.2, 0.25) is 5.91 Å². The number of hydrogen-bond donors (Lipinski definition) is 2. The molecule has 4 heteroatoms. The zero-order valence-electron chi connectivity index (χ0n) is 13.5. The average molecular weight is 327 g/mol. The molecule has 1 aliphatic carbocycles. The van der Waals surface area contributed by atoms with Crippen molar-refractivity contribution in [3.8, 4) is 0 Å². The van der Waals surface area contributed by atoms with Crippen LogP contribution in [0.15, 0.2) is 54.6 Å². The van der Waals surface area contributed by atoms with Crippen LogP contribution < -0.4 is 5.32 Å². The SMILES string of the molecule is O=C(NC(CCCO)c1ccccc1)C1CC1c1cccc(F)c1. The number of hydrogen-bond acceptors (Lipinski definition) is 2. The topological polar surface area (TPSA) is 49.3 Å². The second-order valence-electron chi connectivity index (χ2n) is 6.34. The lowest BCUT2D eigenvalue weighted by atomic mass is 10.0. The summed E-state index contributed by atoms with van der Waals surface area (Å²) >= 11 is 0. The number of halogens is 1. The van der Waals surface area contributed by atoms with Crippen LogP contribution in [0.2, 0.25) is 0 Å². The summed E-state index contributed by atoms with van der Waals surface area (Å²) in [6.07, 6.45) is 2.10. The quantitative estimate of drug-likeness (QED) is 0.817. The molecular weight excluding hydrogens is 305 g/mol. The molecule has 2 N–H and O–H groups in total. The van der Waals surface area contributed by atoms with Crippen LogP contribution >= 0.6 is 0 Å². The van der Waals surface area contributed by atoms with Crippen molar-refractivity contribution in [2.75, 3.05) is 6.61 Å². The lowest BCUT2D eigenvalue weighted by molar-refractivity contribution is -0.123. The minimum Gasteiger partial charge on any atom is -0.396 e. The molecule has 0 aliphatic heterocycles. The predicted molar refractivity (Wildman–Crippen MR) is 90.9 cm³/mol. The fourth-order valence-electron chi connectivity index (χ4n) is 3.17. The van der Waals surface area contributed by atoms with E-state index in [2.05, 4.69) is 5.32 Å². The summed E-state index contributed by atoms with van der Waals surface area (Å²) in [5.74, 6) is -0.234. The van der Waals surface area contributed by atoms with Gasteiger partial charge in [-0.15, -0.1) is 0 Å². The van der Waals surface area contributed by atoms with Crippen LogP contribution in [0.4, 0.5) is 4.39 Å². The molecule has 3 atom stereocenters. The van der Waals surface area contributed by atoms with E-state index in [1.807, 2.05) is 36.4 Å². The molecule has 0 bridgehead atoms. The molecule has 0 saturated heterocycles. The van der Waals surface area contributed by atoms with Crippen LogP contribution in [-0.2, 0) is 4.79 Å². The van der Waals surface area contributed by atoms with Crippen LogP contribution in [0.5, 0.6) is 0 Å². The van der Waals surface area contributed by atoms with Gasteiger partial charge in [0.05, 0.1) is 6.04 Å². The molecule has 1 aliphatic rings. The van der Waals surface area contributed by atoms with Crippen molar-refractivity contribution in [2.45, 2.75) is 31.2 Å². The van der Waals surface area contributed by atoms with E-state index in [1.54, 1.807) is 6.07 Å². The lowest BCUT2D eigenvalue weighted by Crippen LogP contribution is -2.30. The molecule has 3 nitrogen and oxygen atoms in total. The number of aliphatic hydroxyl groups is 1. The molecule has 0 aromatic heterocycles. The predicted octanol–water partition coefficient (Wildman–Crippen LogP) is 3.56. The Hall–Kier alpha value is -2.20. The molecular formula is C20H22FNO2. The maximum Gasteiger partial charge on any atom is 0.224 e. The first kappa shape index (κ1) is 16.7. The molecule has 0 heterocycles. The van der Waals surface area contributed by atoms with E-state index in [-0.39, 0.29) is 36.2 Å². The van der Waals surface area contributed by atoms with E-state index < -0.39 is 0 Å². The summed E-state index contributed by atoms with van der Waals surface area (Å²) < 4.78 is 13.3. The highest BCUT2D eigenvalue weighted by Gasteiger charge is 2.44. The lowest BCUT2D eigenvalue weighted by Gasteiger charge is -2.19. The number of amides is 1.